The highest BCUT2D eigenvalue weighted by Crippen LogP contribution is 2.30. The smallest absolute Gasteiger partial charge is 0.422 e. The molecule has 0 saturated heterocycles. The van der Waals surface area contributed by atoms with Crippen molar-refractivity contribution in [2.75, 3.05) is 5.32 Å². The second kappa shape index (κ2) is 5.17. The van der Waals surface area contributed by atoms with Crippen LogP contribution in [0.1, 0.15) is 6.92 Å². The van der Waals surface area contributed by atoms with Gasteiger partial charge in [-0.1, -0.05) is 18.2 Å². The van der Waals surface area contributed by atoms with E-state index in [1.54, 1.807) is 18.2 Å². The van der Waals surface area contributed by atoms with E-state index in [2.05, 4.69) is 5.32 Å². The van der Waals surface area contributed by atoms with Crippen molar-refractivity contribution < 1.29 is 27.9 Å². The number of aliphatic carboxylic acids is 1. The maximum atomic E-state index is 12.6. The molecule has 1 unspecified atom stereocenters. The van der Waals surface area contributed by atoms with Gasteiger partial charge in [-0.3, -0.25) is 0 Å². The first-order chi connectivity index (χ1) is 8.67. The van der Waals surface area contributed by atoms with Crippen LogP contribution in [0.4, 0.5) is 23.7 Å². The van der Waals surface area contributed by atoms with Crippen molar-refractivity contribution in [2.45, 2.75) is 18.6 Å². The highest BCUT2D eigenvalue weighted by molar-refractivity contribution is 5.94. The number of alkyl halides is 3. The van der Waals surface area contributed by atoms with Crippen LogP contribution in [-0.4, -0.2) is 28.8 Å². The van der Waals surface area contributed by atoms with Gasteiger partial charge in [0.1, 0.15) is 0 Å². The number of halogens is 3. The Bertz CT molecular complexity index is 476. The minimum atomic E-state index is -5.12. The first kappa shape index (κ1) is 14.8. The number of carbonyl (C=O) groups excluding carboxylic acids is 1. The van der Waals surface area contributed by atoms with Crippen molar-refractivity contribution in [3.8, 4) is 0 Å². The third kappa shape index (κ3) is 3.36. The summed E-state index contributed by atoms with van der Waals surface area (Å²) in [7, 11) is 0. The van der Waals surface area contributed by atoms with Crippen LogP contribution in [-0.2, 0) is 4.79 Å². The van der Waals surface area contributed by atoms with Gasteiger partial charge in [0.15, 0.2) is 0 Å². The second-order valence-electron chi connectivity index (χ2n) is 3.87. The highest BCUT2D eigenvalue weighted by Gasteiger charge is 2.58. The molecule has 1 atom stereocenters. The summed E-state index contributed by atoms with van der Waals surface area (Å²) in [5, 5.41) is 12.1. The summed E-state index contributed by atoms with van der Waals surface area (Å²) in [5.74, 6) is -2.19. The Kier molecular flexibility index (Phi) is 4.03. The van der Waals surface area contributed by atoms with E-state index in [-0.39, 0.29) is 5.69 Å². The van der Waals surface area contributed by atoms with Gasteiger partial charge in [-0.05, 0) is 19.1 Å². The lowest BCUT2D eigenvalue weighted by molar-refractivity contribution is -0.203. The number of rotatable bonds is 3. The lowest BCUT2D eigenvalue weighted by atomic mass is 10.0. The summed E-state index contributed by atoms with van der Waals surface area (Å²) >= 11 is 0. The van der Waals surface area contributed by atoms with Crippen LogP contribution in [0.25, 0.3) is 0 Å². The van der Waals surface area contributed by atoms with Crippen molar-refractivity contribution in [1.82, 2.24) is 5.32 Å². The lowest BCUT2D eigenvalue weighted by Gasteiger charge is -2.28. The molecule has 5 nitrogen and oxygen atoms in total. The van der Waals surface area contributed by atoms with Crippen molar-refractivity contribution in [3.05, 3.63) is 30.3 Å². The van der Waals surface area contributed by atoms with E-state index in [0.717, 1.165) is 0 Å². The molecule has 19 heavy (non-hydrogen) atoms. The van der Waals surface area contributed by atoms with Crippen LogP contribution in [0.15, 0.2) is 30.3 Å². The zero-order chi connectivity index (χ0) is 14.7. The summed E-state index contributed by atoms with van der Waals surface area (Å²) < 4.78 is 37.9. The van der Waals surface area contributed by atoms with E-state index in [0.29, 0.717) is 6.92 Å². The quantitative estimate of drug-likeness (QED) is 0.792. The zero-order valence-electron chi connectivity index (χ0n) is 9.78. The fraction of sp³-hybridized carbons (Fsp3) is 0.273. The van der Waals surface area contributed by atoms with Gasteiger partial charge in [-0.15, -0.1) is 0 Å². The molecule has 0 saturated carbocycles. The number of carboxylic acids is 1. The first-order valence-electron chi connectivity index (χ1n) is 5.11. The van der Waals surface area contributed by atoms with Crippen LogP contribution in [0.3, 0.4) is 0 Å². The van der Waals surface area contributed by atoms with E-state index in [9.17, 15) is 22.8 Å². The largest absolute Gasteiger partial charge is 0.479 e. The average molecular weight is 276 g/mol. The molecule has 8 heteroatoms. The predicted molar refractivity (Wildman–Crippen MR) is 60.7 cm³/mol. The number of hydrogen-bond donors (Lipinski definition) is 3. The molecule has 0 fully saturated rings. The molecule has 0 aromatic heterocycles. The molecule has 1 rings (SSSR count). The first-order valence-corrected chi connectivity index (χ1v) is 5.11. The van der Waals surface area contributed by atoms with Crippen molar-refractivity contribution in [2.24, 2.45) is 0 Å². The van der Waals surface area contributed by atoms with Crippen LogP contribution >= 0.6 is 0 Å². The van der Waals surface area contributed by atoms with Crippen LogP contribution in [0, 0.1) is 0 Å². The van der Waals surface area contributed by atoms with E-state index in [1.807, 2.05) is 0 Å². The summed E-state index contributed by atoms with van der Waals surface area (Å²) in [6.07, 6.45) is -5.12. The molecule has 1 aromatic carbocycles. The topological polar surface area (TPSA) is 78.4 Å². The summed E-state index contributed by atoms with van der Waals surface area (Å²) in [6, 6.07) is 6.43. The van der Waals surface area contributed by atoms with Gasteiger partial charge in [0.25, 0.3) is 0 Å². The Morgan fingerprint density at radius 3 is 2.11 bits per heavy atom. The van der Waals surface area contributed by atoms with Crippen LogP contribution < -0.4 is 10.6 Å². The number of amides is 2. The number of benzene rings is 1. The number of anilines is 1. The zero-order valence-corrected chi connectivity index (χ0v) is 9.78. The predicted octanol–water partition coefficient (Wildman–Crippen LogP) is 2.21. The van der Waals surface area contributed by atoms with Gasteiger partial charge in [0.05, 0.1) is 0 Å². The monoisotopic (exact) mass is 276 g/mol. The van der Waals surface area contributed by atoms with Gasteiger partial charge in [0.2, 0.25) is 5.54 Å². The molecule has 0 bridgehead atoms. The third-order valence-electron chi connectivity index (χ3n) is 2.39. The van der Waals surface area contributed by atoms with E-state index in [4.69, 9.17) is 5.11 Å². The molecule has 3 N–H and O–H groups in total. The van der Waals surface area contributed by atoms with E-state index in [1.165, 1.54) is 17.4 Å². The molecule has 1 aromatic rings. The van der Waals surface area contributed by atoms with E-state index < -0.39 is 23.7 Å². The summed E-state index contributed by atoms with van der Waals surface area (Å²) in [4.78, 5) is 22.1. The molecule has 104 valence electrons. The number of nitrogens with one attached hydrogen (secondary N) is 2. The summed E-state index contributed by atoms with van der Waals surface area (Å²) in [5.41, 5.74) is -3.11. The highest BCUT2D eigenvalue weighted by atomic mass is 19.4. The van der Waals surface area contributed by atoms with Crippen molar-refractivity contribution in [3.63, 3.8) is 0 Å². The van der Waals surface area contributed by atoms with Crippen LogP contribution in [0.2, 0.25) is 0 Å². The molecular weight excluding hydrogens is 265 g/mol. The standard InChI is InChI=1S/C11H11F3N2O3/c1-10(8(17)18,11(12,13)14)16-9(19)15-7-5-3-2-4-6-7/h2-6H,1H3,(H,17,18)(H2,15,16,19). The number of hydrogen-bond acceptors (Lipinski definition) is 2. The van der Waals surface area contributed by atoms with Gasteiger partial charge in [-0.2, -0.15) is 13.2 Å². The van der Waals surface area contributed by atoms with Gasteiger partial charge in [0, 0.05) is 5.69 Å². The Balaban J connectivity index is 2.82. The Morgan fingerprint density at radius 1 is 1.16 bits per heavy atom. The fourth-order valence-electron chi connectivity index (χ4n) is 1.16. The third-order valence-corrected chi connectivity index (χ3v) is 2.39. The molecule has 0 radical (unpaired) electrons. The number of carbonyl (C=O) groups is 2. The maximum absolute atomic E-state index is 12.6. The molecule has 2 amide bonds. The van der Waals surface area contributed by atoms with Crippen molar-refractivity contribution in [1.29, 1.82) is 0 Å². The fourth-order valence-corrected chi connectivity index (χ4v) is 1.16. The Hall–Kier alpha value is -2.25. The number of urea groups is 1. The normalized spacial score (nSPS) is 14.3. The molecule has 0 heterocycles. The van der Waals surface area contributed by atoms with E-state index >= 15 is 0 Å². The lowest BCUT2D eigenvalue weighted by Crippen LogP contribution is -2.62. The minimum absolute atomic E-state index is 0.245. The Labute approximate surface area is 106 Å². The molecule has 0 aliphatic heterocycles. The van der Waals surface area contributed by atoms with Gasteiger partial charge in [-0.25, -0.2) is 9.59 Å². The van der Waals surface area contributed by atoms with Gasteiger partial charge >= 0.3 is 18.2 Å². The molecule has 0 aliphatic carbocycles. The maximum Gasteiger partial charge on any atom is 0.422 e. The molecule has 0 spiro atoms. The SMILES string of the molecule is CC(NC(=O)Nc1ccccc1)(C(=O)O)C(F)(F)F. The average Bonchev–Trinajstić information content (AvgIpc) is 2.28. The Morgan fingerprint density at radius 2 is 1.68 bits per heavy atom. The van der Waals surface area contributed by atoms with Gasteiger partial charge < -0.3 is 15.7 Å². The minimum Gasteiger partial charge on any atom is -0.479 e. The number of para-hydroxylation sites is 1. The molecular formula is C11H11F3N2O3. The number of carboxylic acid groups (broad SMARTS) is 1. The van der Waals surface area contributed by atoms with Crippen molar-refractivity contribution >= 4 is 17.7 Å². The summed E-state index contributed by atoms with van der Waals surface area (Å²) in [6.45, 7) is 0.375. The van der Waals surface area contributed by atoms with Crippen LogP contribution in [0.5, 0.6) is 0 Å². The molecule has 0 aliphatic rings. The second-order valence-corrected chi connectivity index (χ2v) is 3.87.